The Hall–Kier alpha value is -3.19. The van der Waals surface area contributed by atoms with E-state index in [1.807, 2.05) is 72.4 Å². The molecule has 188 valence electrons. The number of thioether (sulfide) groups is 1. The number of benzene rings is 1. The number of allylic oxidation sites excluding steroid dienone is 4. The molecule has 0 unspecified atom stereocenters. The summed E-state index contributed by atoms with van der Waals surface area (Å²) in [7, 11) is 0. The standard InChI is InChI=1S/C25H32N4O2S.C3H6/c1-3-9-19(2)13-14-23(26)32-18-24(30)29-17-8-12-22(29)25(31)27-20-10-4-5-11-21(20)28-15-6-7-16-28;1-3-2/h4-7,10-11,13-16,22H,3,8-9,12,17-18,26H2,1-2H3,(H,27,31);3H,1H2,2H3/b19-13-,23-14+;/t22-;/m0./s1. The number of anilines is 1. The van der Waals surface area contributed by atoms with Gasteiger partial charge in [0.25, 0.3) is 0 Å². The van der Waals surface area contributed by atoms with Gasteiger partial charge in [-0.3, -0.25) is 9.59 Å². The van der Waals surface area contributed by atoms with E-state index in [-0.39, 0.29) is 17.6 Å². The van der Waals surface area contributed by atoms with E-state index in [0.717, 1.165) is 30.6 Å². The summed E-state index contributed by atoms with van der Waals surface area (Å²) in [5, 5.41) is 3.64. The molecule has 1 aliphatic rings. The van der Waals surface area contributed by atoms with Gasteiger partial charge in [0.2, 0.25) is 11.8 Å². The Labute approximate surface area is 214 Å². The molecule has 1 aromatic carbocycles. The molecule has 1 saturated heterocycles. The highest BCUT2D eigenvalue weighted by atomic mass is 32.2. The highest BCUT2D eigenvalue weighted by Crippen LogP contribution is 2.24. The van der Waals surface area contributed by atoms with Crippen LogP contribution in [0.15, 0.2) is 84.2 Å². The largest absolute Gasteiger partial charge is 0.394 e. The molecule has 3 rings (SSSR count). The molecule has 2 amide bonds. The number of rotatable bonds is 9. The molecule has 0 aliphatic carbocycles. The van der Waals surface area contributed by atoms with E-state index in [1.54, 1.807) is 11.0 Å². The van der Waals surface area contributed by atoms with Crippen LogP contribution in [0.2, 0.25) is 0 Å². The number of likely N-dealkylation sites (tertiary alicyclic amines) is 1. The second-order valence-corrected chi connectivity index (χ2v) is 9.42. The number of nitrogens with zero attached hydrogens (tertiary/aromatic N) is 2. The summed E-state index contributed by atoms with van der Waals surface area (Å²) in [4.78, 5) is 27.6. The van der Waals surface area contributed by atoms with Gasteiger partial charge in [0, 0.05) is 18.9 Å². The number of carbonyl (C=O) groups is 2. The average Bonchev–Trinajstić information content (AvgIpc) is 3.55. The summed E-state index contributed by atoms with van der Waals surface area (Å²) in [5.41, 5.74) is 8.93. The lowest BCUT2D eigenvalue weighted by Crippen LogP contribution is -2.44. The summed E-state index contributed by atoms with van der Waals surface area (Å²) in [5.74, 6) is 0.0197. The van der Waals surface area contributed by atoms with Crippen molar-refractivity contribution in [1.82, 2.24) is 9.47 Å². The summed E-state index contributed by atoms with van der Waals surface area (Å²) >= 11 is 1.32. The zero-order valence-electron chi connectivity index (χ0n) is 21.1. The summed E-state index contributed by atoms with van der Waals surface area (Å²) in [6, 6.07) is 11.1. The second-order valence-electron chi connectivity index (χ2n) is 8.37. The van der Waals surface area contributed by atoms with Crippen LogP contribution in [0.5, 0.6) is 0 Å². The quantitative estimate of drug-likeness (QED) is 0.337. The fourth-order valence-electron chi connectivity index (χ4n) is 3.83. The molecule has 6 nitrogen and oxygen atoms in total. The monoisotopic (exact) mass is 494 g/mol. The smallest absolute Gasteiger partial charge is 0.247 e. The zero-order valence-corrected chi connectivity index (χ0v) is 21.9. The lowest BCUT2D eigenvalue weighted by atomic mass is 10.2. The van der Waals surface area contributed by atoms with Gasteiger partial charge in [-0.25, -0.2) is 0 Å². The number of hydrogen-bond acceptors (Lipinski definition) is 4. The van der Waals surface area contributed by atoms with Crippen LogP contribution < -0.4 is 11.1 Å². The van der Waals surface area contributed by atoms with Crippen molar-refractivity contribution in [3.8, 4) is 5.69 Å². The number of para-hydroxylation sites is 2. The van der Waals surface area contributed by atoms with Crippen LogP contribution in [0.25, 0.3) is 5.69 Å². The van der Waals surface area contributed by atoms with Gasteiger partial charge in [0.15, 0.2) is 0 Å². The summed E-state index contributed by atoms with van der Waals surface area (Å²) < 4.78 is 1.95. The predicted octanol–water partition coefficient (Wildman–Crippen LogP) is 5.88. The van der Waals surface area contributed by atoms with Crippen molar-refractivity contribution in [3.63, 3.8) is 0 Å². The Bertz CT molecular complexity index is 1030. The molecule has 0 bridgehead atoms. The van der Waals surface area contributed by atoms with E-state index < -0.39 is 6.04 Å². The SMILES string of the molecule is C=CC.CCC/C(C)=C\C=C(/N)SCC(=O)N1CCC[C@H]1C(=O)Nc1ccccc1-n1cccc1. The third-order valence-corrected chi connectivity index (χ3v) is 6.32. The fraction of sp³-hybridized carbons (Fsp3) is 0.357. The van der Waals surface area contributed by atoms with Crippen molar-refractivity contribution in [2.45, 2.75) is 52.5 Å². The third kappa shape index (κ3) is 8.83. The Morgan fingerprint density at radius 1 is 1.20 bits per heavy atom. The first-order valence-electron chi connectivity index (χ1n) is 12.1. The number of aromatic nitrogens is 1. The first kappa shape index (κ1) is 28.1. The van der Waals surface area contributed by atoms with Gasteiger partial charge in [0.05, 0.1) is 22.2 Å². The van der Waals surface area contributed by atoms with Crippen molar-refractivity contribution < 1.29 is 9.59 Å². The highest BCUT2D eigenvalue weighted by Gasteiger charge is 2.34. The number of amides is 2. The van der Waals surface area contributed by atoms with E-state index in [0.29, 0.717) is 18.0 Å². The summed E-state index contributed by atoms with van der Waals surface area (Å²) in [6.07, 6.45) is 13.1. The minimum atomic E-state index is -0.460. The molecule has 0 radical (unpaired) electrons. The molecule has 35 heavy (non-hydrogen) atoms. The Kier molecular flexibility index (Phi) is 12.0. The Morgan fingerprint density at radius 2 is 1.89 bits per heavy atom. The molecular formula is C28H38N4O2S. The van der Waals surface area contributed by atoms with Crippen LogP contribution in [0, 0.1) is 0 Å². The summed E-state index contributed by atoms with van der Waals surface area (Å²) in [6.45, 7) is 10.1. The van der Waals surface area contributed by atoms with Gasteiger partial charge < -0.3 is 20.5 Å². The average molecular weight is 495 g/mol. The Balaban J connectivity index is 0.00000137. The van der Waals surface area contributed by atoms with E-state index in [1.165, 1.54) is 17.3 Å². The molecule has 1 atom stereocenters. The second kappa shape index (κ2) is 14.9. The van der Waals surface area contributed by atoms with Crippen LogP contribution in [0.4, 0.5) is 5.69 Å². The lowest BCUT2D eigenvalue weighted by Gasteiger charge is -2.24. The molecule has 2 heterocycles. The lowest BCUT2D eigenvalue weighted by molar-refractivity contribution is -0.134. The van der Waals surface area contributed by atoms with Crippen molar-refractivity contribution in [2.24, 2.45) is 5.73 Å². The van der Waals surface area contributed by atoms with Crippen LogP contribution in [0.3, 0.4) is 0 Å². The van der Waals surface area contributed by atoms with Crippen molar-refractivity contribution in [2.75, 3.05) is 17.6 Å². The van der Waals surface area contributed by atoms with Crippen LogP contribution in [-0.4, -0.2) is 39.6 Å². The molecule has 0 spiro atoms. The first-order valence-corrected chi connectivity index (χ1v) is 13.0. The number of hydrogen-bond donors (Lipinski definition) is 2. The third-order valence-electron chi connectivity index (χ3n) is 5.46. The van der Waals surface area contributed by atoms with Crippen LogP contribution >= 0.6 is 11.8 Å². The molecule has 2 aromatic rings. The Morgan fingerprint density at radius 3 is 2.57 bits per heavy atom. The van der Waals surface area contributed by atoms with Gasteiger partial charge in [-0.15, -0.1) is 6.58 Å². The van der Waals surface area contributed by atoms with Gasteiger partial charge >= 0.3 is 0 Å². The molecular weight excluding hydrogens is 456 g/mol. The van der Waals surface area contributed by atoms with Gasteiger partial charge in [-0.1, -0.05) is 55.0 Å². The first-order chi connectivity index (χ1) is 16.9. The number of nitrogens with two attached hydrogens (primary N) is 1. The number of nitrogens with one attached hydrogen (secondary N) is 1. The van der Waals surface area contributed by atoms with E-state index >= 15 is 0 Å². The van der Waals surface area contributed by atoms with Crippen LogP contribution in [0.1, 0.15) is 46.5 Å². The zero-order chi connectivity index (χ0) is 25.6. The van der Waals surface area contributed by atoms with E-state index in [9.17, 15) is 9.59 Å². The number of carbonyl (C=O) groups excluding carboxylic acids is 2. The van der Waals surface area contributed by atoms with Crippen molar-refractivity contribution in [1.29, 1.82) is 0 Å². The maximum atomic E-state index is 13.1. The molecule has 7 heteroatoms. The van der Waals surface area contributed by atoms with Gasteiger partial charge in [-0.05, 0) is 63.5 Å². The van der Waals surface area contributed by atoms with Crippen molar-refractivity contribution >= 4 is 29.3 Å². The van der Waals surface area contributed by atoms with Crippen LogP contribution in [-0.2, 0) is 9.59 Å². The maximum absolute atomic E-state index is 13.1. The van der Waals surface area contributed by atoms with E-state index in [2.05, 4.69) is 25.7 Å². The predicted molar refractivity (Wildman–Crippen MR) is 148 cm³/mol. The van der Waals surface area contributed by atoms with Gasteiger partial charge in [-0.2, -0.15) is 0 Å². The van der Waals surface area contributed by atoms with Crippen molar-refractivity contribution in [3.05, 3.63) is 84.2 Å². The topological polar surface area (TPSA) is 80.4 Å². The molecule has 1 fully saturated rings. The minimum Gasteiger partial charge on any atom is -0.394 e. The molecule has 3 N–H and O–H groups in total. The van der Waals surface area contributed by atoms with Gasteiger partial charge in [0.1, 0.15) is 6.04 Å². The maximum Gasteiger partial charge on any atom is 0.247 e. The highest BCUT2D eigenvalue weighted by molar-refractivity contribution is 8.03. The minimum absolute atomic E-state index is 0.0584. The normalized spacial score (nSPS) is 15.9. The fourth-order valence-corrected chi connectivity index (χ4v) is 4.45. The molecule has 1 aliphatic heterocycles. The van der Waals surface area contributed by atoms with E-state index in [4.69, 9.17) is 5.73 Å². The molecule has 1 aromatic heterocycles. The molecule has 0 saturated carbocycles.